The van der Waals surface area contributed by atoms with Crippen LogP contribution < -0.4 is 15.1 Å². The molecule has 2 aliphatic carbocycles. The van der Waals surface area contributed by atoms with Crippen molar-refractivity contribution in [2.45, 2.75) is 68.9 Å². The Balaban J connectivity index is 0.788. The van der Waals surface area contributed by atoms with E-state index in [0.29, 0.717) is 30.0 Å². The van der Waals surface area contributed by atoms with E-state index in [0.717, 1.165) is 86.9 Å². The monoisotopic (exact) mass is 762 g/mol. The second-order valence-electron chi connectivity index (χ2n) is 16.5. The highest BCUT2D eigenvalue weighted by atomic mass is 19.3. The van der Waals surface area contributed by atoms with Gasteiger partial charge in [0.15, 0.2) is 0 Å². The van der Waals surface area contributed by atoms with Crippen LogP contribution >= 0.6 is 0 Å². The summed E-state index contributed by atoms with van der Waals surface area (Å²) in [5, 5.41) is 12.6. The molecular weight excluding hydrogens is 715 g/mol. The van der Waals surface area contributed by atoms with Gasteiger partial charge in [-0.3, -0.25) is 24.6 Å². The molecule has 0 radical (unpaired) electrons. The molecule has 0 spiro atoms. The number of aromatic nitrogens is 1. The molecule has 4 atom stereocenters. The molecule has 292 valence electrons. The van der Waals surface area contributed by atoms with E-state index in [9.17, 15) is 19.5 Å². The first-order valence-electron chi connectivity index (χ1n) is 20.1. The van der Waals surface area contributed by atoms with Gasteiger partial charge in [-0.1, -0.05) is 48.0 Å². The lowest BCUT2D eigenvalue weighted by Crippen LogP contribution is -2.52. The molecular formula is C44H48F2N6O4. The largest absolute Gasteiger partial charge is 0.512 e. The van der Waals surface area contributed by atoms with Crippen molar-refractivity contribution in [3.05, 3.63) is 113 Å². The number of nitrogens with one attached hydrogen (secondary N) is 1. The van der Waals surface area contributed by atoms with E-state index in [-0.39, 0.29) is 42.8 Å². The van der Waals surface area contributed by atoms with E-state index >= 15 is 8.78 Å². The fourth-order valence-corrected chi connectivity index (χ4v) is 10.1. The van der Waals surface area contributed by atoms with E-state index in [1.807, 2.05) is 48.7 Å². The van der Waals surface area contributed by atoms with Crippen molar-refractivity contribution in [3.63, 3.8) is 0 Å². The van der Waals surface area contributed by atoms with Crippen molar-refractivity contribution in [2.75, 3.05) is 55.6 Å². The third kappa shape index (κ3) is 6.97. The number of rotatable bonds is 7. The number of anilines is 2. The summed E-state index contributed by atoms with van der Waals surface area (Å²) in [5.74, 6) is -3.90. The maximum Gasteiger partial charge on any atom is 0.255 e. The first-order chi connectivity index (χ1) is 27.1. The molecule has 1 aromatic heterocycles. The Hall–Kier alpha value is -5.10. The van der Waals surface area contributed by atoms with E-state index < -0.39 is 29.7 Å². The lowest BCUT2D eigenvalue weighted by Gasteiger charge is -2.45. The maximum absolute atomic E-state index is 15.6. The van der Waals surface area contributed by atoms with Crippen LogP contribution in [0, 0.1) is 11.8 Å². The van der Waals surface area contributed by atoms with Crippen molar-refractivity contribution in [2.24, 2.45) is 11.8 Å². The van der Waals surface area contributed by atoms with Crippen LogP contribution in [0.2, 0.25) is 0 Å². The van der Waals surface area contributed by atoms with Gasteiger partial charge >= 0.3 is 0 Å². The predicted molar refractivity (Wildman–Crippen MR) is 209 cm³/mol. The average Bonchev–Trinajstić information content (AvgIpc) is 3.53. The number of benzene rings is 2. The highest BCUT2D eigenvalue weighted by Gasteiger charge is 2.53. The normalized spacial score (nSPS) is 27.0. The van der Waals surface area contributed by atoms with Crippen molar-refractivity contribution in [3.8, 4) is 0 Å². The zero-order chi connectivity index (χ0) is 38.6. The van der Waals surface area contributed by atoms with E-state index in [2.05, 4.69) is 38.2 Å². The van der Waals surface area contributed by atoms with E-state index in [1.165, 1.54) is 0 Å². The molecule has 2 aromatic carbocycles. The third-order valence-electron chi connectivity index (χ3n) is 13.1. The van der Waals surface area contributed by atoms with Crippen LogP contribution in [0.5, 0.6) is 0 Å². The Morgan fingerprint density at radius 1 is 0.857 bits per heavy atom. The minimum absolute atomic E-state index is 0.00638. The lowest BCUT2D eigenvalue weighted by atomic mass is 9.62. The minimum Gasteiger partial charge on any atom is -0.512 e. The first kappa shape index (κ1) is 36.5. The Kier molecular flexibility index (Phi) is 9.63. The fraction of sp³-hybridized carbons (Fsp3) is 0.455. The van der Waals surface area contributed by atoms with Crippen LogP contribution in [0.25, 0.3) is 0 Å². The molecule has 4 aliphatic heterocycles. The summed E-state index contributed by atoms with van der Waals surface area (Å²) in [6.45, 7) is 7.00. The van der Waals surface area contributed by atoms with Gasteiger partial charge in [-0.15, -0.1) is 0 Å². The molecule has 9 rings (SSSR count). The third-order valence-corrected chi connectivity index (χ3v) is 13.1. The number of alkyl halides is 2. The Morgan fingerprint density at radius 3 is 2.38 bits per heavy atom. The summed E-state index contributed by atoms with van der Waals surface area (Å²) < 4.78 is 31.2. The summed E-state index contributed by atoms with van der Waals surface area (Å²) >= 11 is 0. The van der Waals surface area contributed by atoms with Gasteiger partial charge in [-0.05, 0) is 72.2 Å². The summed E-state index contributed by atoms with van der Waals surface area (Å²) in [6, 6.07) is 19.1. The number of piperidine rings is 2. The van der Waals surface area contributed by atoms with Crippen LogP contribution in [0.1, 0.15) is 77.4 Å². The molecule has 0 bridgehead atoms. The van der Waals surface area contributed by atoms with Crippen molar-refractivity contribution in [1.29, 1.82) is 0 Å². The number of carbonyl (C=O) groups is 3. The summed E-state index contributed by atoms with van der Waals surface area (Å²) in [6.07, 6.45) is 7.61. The number of nitrogens with zero attached hydrogens (tertiary/aromatic N) is 5. The quantitative estimate of drug-likeness (QED) is 0.275. The molecule has 56 heavy (non-hydrogen) atoms. The number of aliphatic hydroxyl groups excluding tert-OH is 1. The SMILES string of the molecule is O=C1CC[C@H](N2Cc3cc(N4CCN(CC5CCN(c6ccc([C@@H]7C8=CC=C(O)CC8C(F)(F)C[C@@H]7c7ccccc7)cn6)CC5)CC4)ccc3C2=O)C(=O)N1. The van der Waals surface area contributed by atoms with Gasteiger partial charge in [0, 0.05) is 101 Å². The Bertz CT molecular complexity index is 2060. The van der Waals surface area contributed by atoms with Gasteiger partial charge in [0.05, 0.1) is 11.7 Å². The van der Waals surface area contributed by atoms with Crippen LogP contribution in [0.4, 0.5) is 20.3 Å². The second kappa shape index (κ2) is 14.8. The smallest absolute Gasteiger partial charge is 0.255 e. The number of carbonyl (C=O) groups excluding carboxylic acids is 3. The van der Waals surface area contributed by atoms with Crippen LogP contribution in [0.15, 0.2) is 90.3 Å². The van der Waals surface area contributed by atoms with Gasteiger partial charge in [0.25, 0.3) is 11.8 Å². The number of piperazine rings is 1. The molecule has 4 fully saturated rings. The maximum atomic E-state index is 15.6. The van der Waals surface area contributed by atoms with E-state index in [1.54, 1.807) is 17.1 Å². The highest BCUT2D eigenvalue weighted by Crippen LogP contribution is 2.57. The highest BCUT2D eigenvalue weighted by molar-refractivity contribution is 6.05. The van der Waals surface area contributed by atoms with Crippen molar-refractivity contribution >= 4 is 29.2 Å². The number of halogens is 2. The molecule has 5 heterocycles. The topological polar surface area (TPSA) is 109 Å². The first-order valence-corrected chi connectivity index (χ1v) is 20.1. The average molecular weight is 763 g/mol. The van der Waals surface area contributed by atoms with Gasteiger partial charge < -0.3 is 19.8 Å². The molecule has 12 heteroatoms. The number of fused-ring (bicyclic) bond motifs is 2. The molecule has 3 aromatic rings. The van der Waals surface area contributed by atoms with Crippen LogP contribution in [-0.2, 0) is 16.1 Å². The minimum atomic E-state index is -2.92. The number of imide groups is 1. The standard InChI is InChI=1S/C44H48F2N6O4/c45-44(46)24-36(29-4-2-1-3-5-29)41(35-10-8-33(53)23-37(35)44)30-6-12-39(47-25-30)51-16-14-28(15-17-51)26-49-18-20-50(21-19-49)32-7-9-34-31(22-32)27-52(43(34)56)38-11-13-40(54)48-42(38)55/h1-10,12,22,25,28,36-38,41,53H,11,13-21,23-24,26-27H2,(H,48,54,55)/t36-,37?,38+,41-/m1/s1. The molecule has 1 saturated carbocycles. The lowest BCUT2D eigenvalue weighted by molar-refractivity contribution is -0.136. The Morgan fingerprint density at radius 2 is 1.64 bits per heavy atom. The number of amides is 3. The second-order valence-corrected chi connectivity index (χ2v) is 16.5. The number of hydrogen-bond acceptors (Lipinski definition) is 8. The fourth-order valence-electron chi connectivity index (χ4n) is 10.1. The number of aliphatic hydroxyl groups is 1. The molecule has 6 aliphatic rings. The zero-order valence-electron chi connectivity index (χ0n) is 31.5. The van der Waals surface area contributed by atoms with Gasteiger partial charge in [0.2, 0.25) is 11.8 Å². The molecule has 2 N–H and O–H groups in total. The van der Waals surface area contributed by atoms with Crippen LogP contribution in [-0.4, -0.2) is 95.4 Å². The molecule has 10 nitrogen and oxygen atoms in total. The number of hydrogen-bond donors (Lipinski definition) is 2. The molecule has 1 unspecified atom stereocenters. The van der Waals surface area contributed by atoms with Gasteiger partial charge in [0.1, 0.15) is 11.9 Å². The summed E-state index contributed by atoms with van der Waals surface area (Å²) in [7, 11) is 0. The van der Waals surface area contributed by atoms with Crippen molar-refractivity contribution in [1.82, 2.24) is 20.1 Å². The van der Waals surface area contributed by atoms with Crippen LogP contribution in [0.3, 0.4) is 0 Å². The zero-order valence-corrected chi connectivity index (χ0v) is 31.5. The predicted octanol–water partition coefficient (Wildman–Crippen LogP) is 6.18. The van der Waals surface area contributed by atoms with Crippen molar-refractivity contribution < 1.29 is 28.3 Å². The summed E-state index contributed by atoms with van der Waals surface area (Å²) in [4.78, 5) is 51.0. The Labute approximate surface area is 325 Å². The molecule has 3 saturated heterocycles. The van der Waals surface area contributed by atoms with Gasteiger partial charge in [-0.25, -0.2) is 13.8 Å². The number of pyridine rings is 1. The number of allylic oxidation sites excluding steroid dienone is 4. The molecule has 3 amide bonds. The van der Waals surface area contributed by atoms with Gasteiger partial charge in [-0.2, -0.15) is 0 Å². The summed E-state index contributed by atoms with van der Waals surface area (Å²) in [5.41, 5.74) is 5.16. The van der Waals surface area contributed by atoms with E-state index in [4.69, 9.17) is 4.98 Å².